The van der Waals surface area contributed by atoms with Crippen molar-refractivity contribution >= 4 is 0 Å². The summed E-state index contributed by atoms with van der Waals surface area (Å²) in [5.74, 6) is 1.65. The van der Waals surface area contributed by atoms with E-state index in [0.29, 0.717) is 0 Å². The topological polar surface area (TPSA) is 17.8 Å². The Labute approximate surface area is 188 Å². The van der Waals surface area contributed by atoms with Crippen LogP contribution < -0.4 is 0 Å². The maximum Gasteiger partial charge on any atom is 0.100 e. The largest absolute Gasteiger partial charge is 0.268 e. The van der Waals surface area contributed by atoms with E-state index in [1.165, 1.54) is 72.9 Å². The summed E-state index contributed by atoms with van der Waals surface area (Å²) in [5.41, 5.74) is 7.45. The molecule has 31 heavy (non-hydrogen) atoms. The minimum atomic E-state index is 0.739. The predicted molar refractivity (Wildman–Crippen MR) is 132 cm³/mol. The van der Waals surface area contributed by atoms with Gasteiger partial charge in [0.15, 0.2) is 0 Å². The van der Waals surface area contributed by atoms with E-state index in [-0.39, 0.29) is 0 Å². The van der Waals surface area contributed by atoms with Crippen LogP contribution in [0.5, 0.6) is 0 Å². The Bertz CT molecular complexity index is 976. The zero-order valence-electron chi connectivity index (χ0n) is 19.2. The molecular weight excluding hydrogens is 376 g/mol. The van der Waals surface area contributed by atoms with Gasteiger partial charge >= 0.3 is 0 Å². The van der Waals surface area contributed by atoms with Crippen LogP contribution in [0.4, 0.5) is 0 Å². The number of hydrogen-bond acceptors (Lipinski definition) is 1. The number of hydrogen-bond donors (Lipinski definition) is 0. The van der Waals surface area contributed by atoms with Gasteiger partial charge in [0.05, 0.1) is 0 Å². The summed E-state index contributed by atoms with van der Waals surface area (Å²) < 4.78 is 2.29. The second-order valence-corrected chi connectivity index (χ2v) is 9.46. The average Bonchev–Trinajstić information content (AvgIpc) is 3.12. The van der Waals surface area contributed by atoms with Gasteiger partial charge in [0, 0.05) is 23.4 Å². The molecule has 0 atom stereocenters. The van der Waals surface area contributed by atoms with Crippen LogP contribution in [0.3, 0.4) is 0 Å². The molecule has 1 heterocycles. The van der Waals surface area contributed by atoms with Crippen LogP contribution in [0.25, 0.3) is 22.4 Å². The van der Waals surface area contributed by atoms with Crippen molar-refractivity contribution in [2.24, 2.45) is 11.8 Å². The second kappa shape index (κ2) is 10.1. The zero-order valence-corrected chi connectivity index (χ0v) is 19.2. The summed E-state index contributed by atoms with van der Waals surface area (Å²) in [4.78, 5) is 0. The lowest BCUT2D eigenvalue weighted by Crippen LogP contribution is -2.20. The number of nitrogens with zero attached hydrogens (tertiary/aromatic N) is 2. The molecule has 1 aliphatic carbocycles. The van der Waals surface area contributed by atoms with E-state index in [1.807, 2.05) is 0 Å². The molecule has 2 nitrogen and oxygen atoms in total. The molecular formula is C29H36N2. The summed E-state index contributed by atoms with van der Waals surface area (Å²) in [6, 6.07) is 21.4. The lowest BCUT2D eigenvalue weighted by Gasteiger charge is -2.28. The van der Waals surface area contributed by atoms with Crippen molar-refractivity contribution in [1.29, 1.82) is 0 Å². The Morgan fingerprint density at radius 3 is 2.10 bits per heavy atom. The molecule has 4 rings (SSSR count). The molecule has 0 N–H and O–H groups in total. The van der Waals surface area contributed by atoms with E-state index in [2.05, 4.69) is 85.8 Å². The molecule has 0 saturated heterocycles. The third-order valence-electron chi connectivity index (χ3n) is 6.93. The fraction of sp³-hybridized carbons (Fsp3) is 0.414. The predicted octanol–water partition coefficient (Wildman–Crippen LogP) is 8.08. The quantitative estimate of drug-likeness (QED) is 0.342. The molecule has 3 aromatic rings. The summed E-state index contributed by atoms with van der Waals surface area (Å²) in [7, 11) is 0. The molecule has 2 heteroatoms. The van der Waals surface area contributed by atoms with Gasteiger partial charge in [-0.3, -0.25) is 4.68 Å². The SMILES string of the molecule is C=C(C)CCCC1CCC(Cn2nc(-c3ccccc3)c(-c3ccccc3)c2C)CC1. The van der Waals surface area contributed by atoms with Gasteiger partial charge in [0.1, 0.15) is 5.69 Å². The molecule has 0 radical (unpaired) electrons. The Balaban J connectivity index is 1.50. The summed E-state index contributed by atoms with van der Waals surface area (Å²) in [5, 5.41) is 5.15. The normalized spacial score (nSPS) is 18.8. The van der Waals surface area contributed by atoms with E-state index < -0.39 is 0 Å². The van der Waals surface area contributed by atoms with E-state index in [9.17, 15) is 0 Å². The summed E-state index contributed by atoms with van der Waals surface area (Å²) >= 11 is 0. The first kappa shape index (κ1) is 21.6. The summed E-state index contributed by atoms with van der Waals surface area (Å²) in [6.07, 6.45) is 9.28. The number of aromatic nitrogens is 2. The molecule has 0 aliphatic heterocycles. The van der Waals surface area contributed by atoms with Crippen LogP contribution in [-0.2, 0) is 6.54 Å². The van der Waals surface area contributed by atoms with Gasteiger partial charge in [-0.05, 0) is 56.9 Å². The third kappa shape index (κ3) is 5.36. The van der Waals surface area contributed by atoms with E-state index in [4.69, 9.17) is 5.10 Å². The van der Waals surface area contributed by atoms with E-state index >= 15 is 0 Å². The van der Waals surface area contributed by atoms with Crippen molar-refractivity contribution in [1.82, 2.24) is 9.78 Å². The maximum absolute atomic E-state index is 5.15. The highest BCUT2D eigenvalue weighted by Crippen LogP contribution is 2.37. The molecule has 2 aromatic carbocycles. The molecule has 162 valence electrons. The molecule has 0 bridgehead atoms. The fourth-order valence-electron chi connectivity index (χ4n) is 5.11. The molecule has 1 aliphatic rings. The van der Waals surface area contributed by atoms with Crippen LogP contribution in [0, 0.1) is 18.8 Å². The van der Waals surface area contributed by atoms with Crippen LogP contribution in [0.1, 0.15) is 57.6 Å². The van der Waals surface area contributed by atoms with Crippen molar-refractivity contribution in [2.75, 3.05) is 0 Å². The standard InChI is InChI=1S/C29H36N2/c1-22(2)11-10-12-24-17-19-25(20-18-24)21-31-23(3)28(26-13-6-4-7-14-26)29(30-31)27-15-8-5-9-16-27/h4-9,13-16,24-25H,1,10-12,17-21H2,2-3H3. The number of benzene rings is 2. The van der Waals surface area contributed by atoms with E-state index in [1.54, 1.807) is 0 Å². The molecule has 1 aromatic heterocycles. The van der Waals surface area contributed by atoms with E-state index in [0.717, 1.165) is 24.1 Å². The highest BCUT2D eigenvalue weighted by Gasteiger charge is 2.24. The minimum Gasteiger partial charge on any atom is -0.268 e. The first-order chi connectivity index (χ1) is 15.1. The average molecular weight is 413 g/mol. The smallest absolute Gasteiger partial charge is 0.100 e. The van der Waals surface area contributed by atoms with Crippen LogP contribution in [-0.4, -0.2) is 9.78 Å². The van der Waals surface area contributed by atoms with Crippen molar-refractivity contribution in [2.45, 2.75) is 65.3 Å². The maximum atomic E-state index is 5.15. The Morgan fingerprint density at radius 1 is 0.903 bits per heavy atom. The highest BCUT2D eigenvalue weighted by molar-refractivity contribution is 5.82. The Kier molecular flexibility index (Phi) is 7.06. The van der Waals surface area contributed by atoms with Gasteiger partial charge in [-0.25, -0.2) is 0 Å². The first-order valence-corrected chi connectivity index (χ1v) is 11.9. The van der Waals surface area contributed by atoms with Crippen LogP contribution in [0.2, 0.25) is 0 Å². The van der Waals surface area contributed by atoms with Gasteiger partial charge in [0.2, 0.25) is 0 Å². The Morgan fingerprint density at radius 2 is 1.48 bits per heavy atom. The van der Waals surface area contributed by atoms with Crippen molar-refractivity contribution in [3.05, 3.63) is 78.5 Å². The minimum absolute atomic E-state index is 0.739. The van der Waals surface area contributed by atoms with Gasteiger partial charge in [-0.1, -0.05) is 85.5 Å². The van der Waals surface area contributed by atoms with Gasteiger partial charge in [0.25, 0.3) is 0 Å². The highest BCUT2D eigenvalue weighted by atomic mass is 15.3. The van der Waals surface area contributed by atoms with Gasteiger partial charge in [-0.15, -0.1) is 6.58 Å². The fourth-order valence-corrected chi connectivity index (χ4v) is 5.11. The Hall–Kier alpha value is -2.61. The van der Waals surface area contributed by atoms with Crippen molar-refractivity contribution in [3.63, 3.8) is 0 Å². The first-order valence-electron chi connectivity index (χ1n) is 11.9. The van der Waals surface area contributed by atoms with Gasteiger partial charge < -0.3 is 0 Å². The van der Waals surface area contributed by atoms with Gasteiger partial charge in [-0.2, -0.15) is 5.10 Å². The molecule has 0 amide bonds. The van der Waals surface area contributed by atoms with Crippen molar-refractivity contribution < 1.29 is 0 Å². The third-order valence-corrected chi connectivity index (χ3v) is 6.93. The number of rotatable bonds is 8. The van der Waals surface area contributed by atoms with Crippen molar-refractivity contribution in [3.8, 4) is 22.4 Å². The molecule has 0 unspecified atom stereocenters. The lowest BCUT2D eigenvalue weighted by molar-refractivity contribution is 0.234. The molecule has 0 spiro atoms. The second-order valence-electron chi connectivity index (χ2n) is 9.46. The van der Waals surface area contributed by atoms with Crippen LogP contribution in [0.15, 0.2) is 72.8 Å². The molecule has 1 fully saturated rings. The summed E-state index contributed by atoms with van der Waals surface area (Å²) in [6.45, 7) is 9.48. The van der Waals surface area contributed by atoms with Crippen LogP contribution >= 0.6 is 0 Å². The lowest BCUT2D eigenvalue weighted by atomic mass is 9.79. The molecule has 1 saturated carbocycles. The number of allylic oxidation sites excluding steroid dienone is 1. The monoisotopic (exact) mass is 412 g/mol. The zero-order chi connectivity index (χ0) is 21.6.